The van der Waals surface area contributed by atoms with Gasteiger partial charge in [-0.05, 0) is 13.0 Å². The number of hydrogen-bond acceptors (Lipinski definition) is 3. The average molecular weight is 301 g/mol. The Morgan fingerprint density at radius 1 is 1.40 bits per heavy atom. The number of halogens is 6. The highest BCUT2D eigenvalue weighted by Crippen LogP contribution is 2.35. The number of carbonyl (C=O) groups is 1. The molecular weight excluding hydrogens is 292 g/mol. The molecule has 1 heterocycles. The van der Waals surface area contributed by atoms with Gasteiger partial charge in [0.05, 0.1) is 24.3 Å². The van der Waals surface area contributed by atoms with Crippen LogP contribution in [0.15, 0.2) is 6.07 Å². The Kier molecular flexibility index (Phi) is 4.96. The second-order valence-electron chi connectivity index (χ2n) is 3.63. The third-order valence-corrected chi connectivity index (χ3v) is 2.20. The van der Waals surface area contributed by atoms with Crippen LogP contribution in [0.1, 0.15) is 30.3 Å². The number of rotatable bonds is 4. The highest BCUT2D eigenvalue weighted by Gasteiger charge is 2.39. The van der Waals surface area contributed by atoms with Crippen molar-refractivity contribution in [1.82, 2.24) is 4.98 Å². The van der Waals surface area contributed by atoms with E-state index in [2.05, 4.69) is 9.72 Å². The first-order chi connectivity index (χ1) is 9.16. The van der Waals surface area contributed by atoms with Gasteiger partial charge in [-0.2, -0.15) is 13.2 Å². The molecule has 0 saturated carbocycles. The summed E-state index contributed by atoms with van der Waals surface area (Å²) in [6, 6.07) is 0.0368. The Morgan fingerprint density at radius 3 is 2.45 bits per heavy atom. The largest absolute Gasteiger partial charge is 0.466 e. The summed E-state index contributed by atoms with van der Waals surface area (Å²) in [5.74, 6) is -2.42. The SMILES string of the molecule is CCOC(=O)Cc1nc(C(F)(F)F)c(C(F)F)cc1F. The normalized spacial score (nSPS) is 11.8. The van der Waals surface area contributed by atoms with Crippen molar-refractivity contribution >= 4 is 5.97 Å². The zero-order valence-corrected chi connectivity index (χ0v) is 10.1. The molecule has 1 rings (SSSR count). The molecule has 0 amide bonds. The van der Waals surface area contributed by atoms with Crippen LogP contribution in [0.4, 0.5) is 26.3 Å². The fourth-order valence-electron chi connectivity index (χ4n) is 1.41. The molecule has 0 saturated heterocycles. The van der Waals surface area contributed by atoms with Gasteiger partial charge in [0.15, 0.2) is 5.69 Å². The number of nitrogens with zero attached hydrogens (tertiary/aromatic N) is 1. The molecular formula is C11H9F6NO2. The maximum atomic E-state index is 13.4. The van der Waals surface area contributed by atoms with Crippen LogP contribution in [-0.4, -0.2) is 17.6 Å². The summed E-state index contributed by atoms with van der Waals surface area (Å²) in [7, 11) is 0. The molecule has 0 aliphatic heterocycles. The Balaban J connectivity index is 3.25. The standard InChI is InChI=1S/C11H9F6NO2/c1-2-20-8(19)4-7-6(12)3-5(10(13)14)9(18-7)11(15,16)17/h3,10H,2,4H2,1H3. The van der Waals surface area contributed by atoms with Gasteiger partial charge in [0, 0.05) is 0 Å². The minimum atomic E-state index is -5.18. The van der Waals surface area contributed by atoms with Crippen molar-refractivity contribution in [3.63, 3.8) is 0 Å². The summed E-state index contributed by atoms with van der Waals surface area (Å²) in [4.78, 5) is 13.9. The van der Waals surface area contributed by atoms with Crippen molar-refractivity contribution < 1.29 is 35.9 Å². The summed E-state index contributed by atoms with van der Waals surface area (Å²) in [5, 5.41) is 0. The quantitative estimate of drug-likeness (QED) is 0.633. The van der Waals surface area contributed by atoms with Gasteiger partial charge in [-0.25, -0.2) is 18.2 Å². The van der Waals surface area contributed by atoms with Gasteiger partial charge in [-0.3, -0.25) is 4.79 Å². The molecule has 0 unspecified atom stereocenters. The lowest BCUT2D eigenvalue weighted by molar-refractivity contribution is -0.145. The minimum Gasteiger partial charge on any atom is -0.466 e. The first-order valence-electron chi connectivity index (χ1n) is 5.37. The molecule has 20 heavy (non-hydrogen) atoms. The fourth-order valence-corrected chi connectivity index (χ4v) is 1.41. The molecule has 3 nitrogen and oxygen atoms in total. The second kappa shape index (κ2) is 6.10. The summed E-state index contributed by atoms with van der Waals surface area (Å²) in [5.41, 5.74) is -4.36. The van der Waals surface area contributed by atoms with Crippen LogP contribution in [0.3, 0.4) is 0 Å². The second-order valence-corrected chi connectivity index (χ2v) is 3.63. The van der Waals surface area contributed by atoms with Crippen LogP contribution in [0.5, 0.6) is 0 Å². The molecule has 1 aromatic heterocycles. The molecule has 0 aliphatic carbocycles. The molecule has 0 aliphatic rings. The lowest BCUT2D eigenvalue weighted by atomic mass is 10.1. The summed E-state index contributed by atoms with van der Waals surface area (Å²) in [6.45, 7) is 1.39. The zero-order valence-electron chi connectivity index (χ0n) is 10.1. The van der Waals surface area contributed by atoms with Crippen molar-refractivity contribution in [3.8, 4) is 0 Å². The van der Waals surface area contributed by atoms with E-state index in [9.17, 15) is 31.1 Å². The van der Waals surface area contributed by atoms with Crippen molar-refractivity contribution in [2.24, 2.45) is 0 Å². The Labute approximate surface area is 109 Å². The van der Waals surface area contributed by atoms with Gasteiger partial charge in [-0.1, -0.05) is 0 Å². The van der Waals surface area contributed by atoms with Gasteiger partial charge < -0.3 is 4.74 Å². The van der Waals surface area contributed by atoms with Gasteiger partial charge in [0.2, 0.25) is 0 Å². The first kappa shape index (κ1) is 16.3. The first-order valence-corrected chi connectivity index (χ1v) is 5.37. The van der Waals surface area contributed by atoms with Crippen molar-refractivity contribution in [3.05, 3.63) is 28.8 Å². The Bertz CT molecular complexity index is 500. The van der Waals surface area contributed by atoms with Crippen LogP contribution >= 0.6 is 0 Å². The number of aromatic nitrogens is 1. The number of pyridine rings is 1. The molecule has 0 atom stereocenters. The monoisotopic (exact) mass is 301 g/mol. The van der Waals surface area contributed by atoms with Crippen LogP contribution in [-0.2, 0) is 22.1 Å². The van der Waals surface area contributed by atoms with E-state index in [1.54, 1.807) is 0 Å². The summed E-state index contributed by atoms with van der Waals surface area (Å²) >= 11 is 0. The predicted octanol–water partition coefficient (Wildman–Crippen LogP) is 3.28. The zero-order chi connectivity index (χ0) is 15.5. The molecule has 0 radical (unpaired) electrons. The number of carbonyl (C=O) groups excluding carboxylic acids is 1. The van der Waals surface area contributed by atoms with Crippen molar-refractivity contribution in [2.75, 3.05) is 6.61 Å². The summed E-state index contributed by atoms with van der Waals surface area (Å²) in [6.07, 6.45) is -9.58. The summed E-state index contributed by atoms with van der Waals surface area (Å²) < 4.78 is 80.5. The molecule has 0 bridgehead atoms. The van der Waals surface area contributed by atoms with Crippen molar-refractivity contribution in [2.45, 2.75) is 25.9 Å². The maximum Gasteiger partial charge on any atom is 0.433 e. The predicted molar refractivity (Wildman–Crippen MR) is 54.5 cm³/mol. The van der Waals surface area contributed by atoms with E-state index in [1.165, 1.54) is 6.92 Å². The van der Waals surface area contributed by atoms with Crippen LogP contribution in [0.25, 0.3) is 0 Å². The van der Waals surface area contributed by atoms with Crippen LogP contribution < -0.4 is 0 Å². The maximum absolute atomic E-state index is 13.4. The van der Waals surface area contributed by atoms with E-state index in [1.807, 2.05) is 0 Å². The molecule has 0 aromatic carbocycles. The number of esters is 1. The van der Waals surface area contributed by atoms with Crippen LogP contribution in [0, 0.1) is 5.82 Å². The van der Waals surface area contributed by atoms with E-state index in [0.717, 1.165) is 0 Å². The molecule has 0 fully saturated rings. The van der Waals surface area contributed by atoms with E-state index >= 15 is 0 Å². The Hall–Kier alpha value is -1.80. The topological polar surface area (TPSA) is 39.2 Å². The van der Waals surface area contributed by atoms with Gasteiger partial charge in [-0.15, -0.1) is 0 Å². The van der Waals surface area contributed by atoms with Gasteiger partial charge in [0.1, 0.15) is 5.82 Å². The molecule has 0 N–H and O–H groups in total. The smallest absolute Gasteiger partial charge is 0.433 e. The number of hydrogen-bond donors (Lipinski definition) is 0. The lowest BCUT2D eigenvalue weighted by Gasteiger charge is -2.13. The third kappa shape index (κ3) is 3.84. The molecule has 112 valence electrons. The molecule has 1 aromatic rings. The van der Waals surface area contributed by atoms with E-state index in [4.69, 9.17) is 0 Å². The number of ether oxygens (including phenoxy) is 1. The lowest BCUT2D eigenvalue weighted by Crippen LogP contribution is -2.17. The average Bonchev–Trinajstić information content (AvgIpc) is 2.29. The molecule has 9 heteroatoms. The highest BCUT2D eigenvalue weighted by molar-refractivity contribution is 5.72. The third-order valence-electron chi connectivity index (χ3n) is 2.20. The van der Waals surface area contributed by atoms with Crippen molar-refractivity contribution in [1.29, 1.82) is 0 Å². The van der Waals surface area contributed by atoms with E-state index in [0.29, 0.717) is 0 Å². The fraction of sp³-hybridized carbons (Fsp3) is 0.455. The van der Waals surface area contributed by atoms with E-state index in [-0.39, 0.29) is 12.7 Å². The van der Waals surface area contributed by atoms with Crippen LogP contribution in [0.2, 0.25) is 0 Å². The minimum absolute atomic E-state index is 0.0368. The van der Waals surface area contributed by atoms with E-state index < -0.39 is 47.8 Å². The Morgan fingerprint density at radius 2 is 2.00 bits per heavy atom. The van der Waals surface area contributed by atoms with Gasteiger partial charge in [0.25, 0.3) is 6.43 Å². The molecule has 0 spiro atoms. The highest BCUT2D eigenvalue weighted by atomic mass is 19.4. The number of alkyl halides is 5. The van der Waals surface area contributed by atoms with Gasteiger partial charge >= 0.3 is 12.1 Å².